The number of piperazine rings is 1. The summed E-state index contributed by atoms with van der Waals surface area (Å²) < 4.78 is 6.40. The second-order valence-electron chi connectivity index (χ2n) is 12.9. The molecule has 0 radical (unpaired) electrons. The molecule has 1 saturated heterocycles. The summed E-state index contributed by atoms with van der Waals surface area (Å²) in [5.41, 5.74) is 4.19. The average Bonchev–Trinajstić information content (AvgIpc) is 3.88. The number of carbonyl (C=O) groups excluding carboxylic acids is 1. The maximum Gasteiger partial charge on any atom is 0.318 e. The summed E-state index contributed by atoms with van der Waals surface area (Å²) in [5.74, 6) is 0.703. The Balaban J connectivity index is 1.34. The highest BCUT2D eigenvalue weighted by atomic mass is 16.5. The van der Waals surface area contributed by atoms with E-state index in [1.54, 1.807) is 4.90 Å². The van der Waals surface area contributed by atoms with E-state index in [1.807, 2.05) is 12.4 Å². The van der Waals surface area contributed by atoms with Gasteiger partial charge >= 0.3 is 6.01 Å². The third kappa shape index (κ3) is 5.81. The lowest BCUT2D eigenvalue weighted by atomic mass is 10.0. The van der Waals surface area contributed by atoms with E-state index in [0.717, 1.165) is 41.1 Å². The van der Waals surface area contributed by atoms with E-state index in [2.05, 4.69) is 78.3 Å². The Morgan fingerprint density at radius 1 is 1.20 bits per heavy atom. The van der Waals surface area contributed by atoms with Crippen molar-refractivity contribution in [1.29, 1.82) is 5.26 Å². The van der Waals surface area contributed by atoms with Crippen molar-refractivity contribution in [2.75, 3.05) is 49.6 Å². The maximum atomic E-state index is 12.6. The molecule has 2 aromatic heterocycles. The number of aromatic nitrogens is 3. The number of ether oxygens (including phenoxy) is 1. The fraction of sp³-hybridized carbons (Fsp3) is 0.500. The highest BCUT2D eigenvalue weighted by Crippen LogP contribution is 2.36. The summed E-state index contributed by atoms with van der Waals surface area (Å²) in [5, 5.41) is 11.9. The number of pyridine rings is 1. The van der Waals surface area contributed by atoms with Gasteiger partial charge in [-0.2, -0.15) is 15.2 Å². The molecule has 0 spiro atoms. The second-order valence-corrected chi connectivity index (χ2v) is 12.9. The van der Waals surface area contributed by atoms with Crippen molar-refractivity contribution in [1.82, 2.24) is 24.8 Å². The van der Waals surface area contributed by atoms with Gasteiger partial charge in [0.2, 0.25) is 5.91 Å². The molecule has 230 valence electrons. The Morgan fingerprint density at radius 2 is 2.02 bits per heavy atom. The molecule has 1 aliphatic carbocycles. The Labute approximate surface area is 259 Å². The minimum Gasteiger partial charge on any atom is -0.461 e. The number of anilines is 2. The summed E-state index contributed by atoms with van der Waals surface area (Å²) in [6, 6.07) is 9.32. The minimum atomic E-state index is -0.245. The number of fused-ring (bicyclic) bond motifs is 2. The summed E-state index contributed by atoms with van der Waals surface area (Å²) >= 11 is 0. The first-order valence-electron chi connectivity index (χ1n) is 15.6. The number of aryl methyl sites for hydroxylation is 1. The van der Waals surface area contributed by atoms with Gasteiger partial charge in [-0.05, 0) is 58.7 Å². The number of hydrogen-bond donors (Lipinski definition) is 0. The van der Waals surface area contributed by atoms with Crippen LogP contribution in [0.15, 0.2) is 43.2 Å². The monoisotopic (exact) mass is 594 g/mol. The quantitative estimate of drug-likeness (QED) is 0.336. The van der Waals surface area contributed by atoms with Crippen LogP contribution in [0, 0.1) is 18.3 Å². The molecule has 0 bridgehead atoms. The Kier molecular flexibility index (Phi) is 8.16. The number of amides is 1. The van der Waals surface area contributed by atoms with Crippen molar-refractivity contribution in [3.05, 3.63) is 60.1 Å². The van der Waals surface area contributed by atoms with Crippen LogP contribution in [0.25, 0.3) is 10.8 Å². The predicted octanol–water partition coefficient (Wildman–Crippen LogP) is 4.26. The van der Waals surface area contributed by atoms with Crippen molar-refractivity contribution in [2.24, 2.45) is 0 Å². The lowest BCUT2D eigenvalue weighted by molar-refractivity contribution is -0.128. The first-order chi connectivity index (χ1) is 21.2. The van der Waals surface area contributed by atoms with Crippen LogP contribution in [0.4, 0.5) is 11.5 Å². The number of likely N-dealkylation sites (N-methyl/N-ethyl adjacent to an activating group) is 1. The van der Waals surface area contributed by atoms with Crippen LogP contribution >= 0.6 is 0 Å². The third-order valence-corrected chi connectivity index (χ3v) is 9.51. The number of carbonyl (C=O) groups is 1. The van der Waals surface area contributed by atoms with Crippen LogP contribution in [-0.4, -0.2) is 88.1 Å². The molecular formula is C34H42N8O2. The van der Waals surface area contributed by atoms with Crippen LogP contribution in [0.1, 0.15) is 49.9 Å². The normalized spacial score (nSPS) is 18.7. The van der Waals surface area contributed by atoms with Crippen LogP contribution < -0.4 is 14.5 Å². The average molecular weight is 595 g/mol. The van der Waals surface area contributed by atoms with E-state index in [9.17, 15) is 10.1 Å². The molecule has 1 amide bonds. The van der Waals surface area contributed by atoms with Crippen molar-refractivity contribution in [2.45, 2.75) is 70.6 Å². The SMILES string of the molecule is C=CC(=O)N1CCN(c2nc(OCC(C)(C)N(C)C3CC3)nc3c2CCN(c2cncc4cccc(C)c24)C3)C[C@@H]1CC#N. The van der Waals surface area contributed by atoms with Gasteiger partial charge in [0, 0.05) is 60.3 Å². The van der Waals surface area contributed by atoms with Gasteiger partial charge in [0.1, 0.15) is 12.4 Å². The van der Waals surface area contributed by atoms with Gasteiger partial charge in [-0.15, -0.1) is 0 Å². The van der Waals surface area contributed by atoms with E-state index >= 15 is 0 Å². The molecule has 44 heavy (non-hydrogen) atoms. The lowest BCUT2D eigenvalue weighted by Crippen LogP contribution is -2.55. The molecular weight excluding hydrogens is 552 g/mol. The lowest BCUT2D eigenvalue weighted by Gasteiger charge is -2.42. The Bertz CT molecular complexity index is 1610. The molecule has 10 heteroatoms. The number of rotatable bonds is 9. The fourth-order valence-electron chi connectivity index (χ4n) is 6.59. The smallest absolute Gasteiger partial charge is 0.318 e. The van der Waals surface area contributed by atoms with E-state index in [0.29, 0.717) is 44.8 Å². The van der Waals surface area contributed by atoms with E-state index in [1.165, 1.54) is 29.9 Å². The van der Waals surface area contributed by atoms with Gasteiger partial charge in [-0.3, -0.25) is 14.7 Å². The molecule has 0 N–H and O–H groups in total. The van der Waals surface area contributed by atoms with E-state index in [4.69, 9.17) is 14.7 Å². The standard InChI is InChI=1S/C34H42N8O2/c1-6-30(43)42-17-16-41(20-26(42)12-14-35)32-27-13-15-40(29-19-36-18-24-9-7-8-23(2)31(24)29)21-28(27)37-33(38-32)44-22-34(3,4)39(5)25-10-11-25/h6-9,18-19,25-26H,1,10-13,15-17,20-22H2,2-5H3/t26-/m0/s1. The van der Waals surface area contributed by atoms with Crippen LogP contribution in [-0.2, 0) is 17.8 Å². The highest BCUT2D eigenvalue weighted by molar-refractivity contribution is 5.96. The number of nitriles is 1. The number of hydrogen-bond acceptors (Lipinski definition) is 9. The summed E-state index contributed by atoms with van der Waals surface area (Å²) in [4.78, 5) is 35.9. The molecule has 4 heterocycles. The molecule has 3 aliphatic rings. The maximum absolute atomic E-state index is 12.6. The first kappa shape index (κ1) is 29.8. The summed E-state index contributed by atoms with van der Waals surface area (Å²) in [6.07, 6.45) is 8.66. The predicted molar refractivity (Wildman–Crippen MR) is 172 cm³/mol. The molecule has 6 rings (SSSR count). The van der Waals surface area contributed by atoms with E-state index < -0.39 is 0 Å². The number of nitrogens with zero attached hydrogens (tertiary/aromatic N) is 8. The number of benzene rings is 1. The third-order valence-electron chi connectivity index (χ3n) is 9.51. The van der Waals surface area contributed by atoms with Gasteiger partial charge in [0.25, 0.3) is 0 Å². The van der Waals surface area contributed by atoms with Crippen molar-refractivity contribution in [3.63, 3.8) is 0 Å². The van der Waals surface area contributed by atoms with Gasteiger partial charge in [-0.25, -0.2) is 0 Å². The van der Waals surface area contributed by atoms with Crippen LogP contribution in [0.5, 0.6) is 6.01 Å². The van der Waals surface area contributed by atoms with Gasteiger partial charge in [0.15, 0.2) is 0 Å². The van der Waals surface area contributed by atoms with E-state index in [-0.39, 0.29) is 23.9 Å². The molecule has 1 aromatic carbocycles. The van der Waals surface area contributed by atoms with Gasteiger partial charge < -0.3 is 19.4 Å². The molecule has 2 fully saturated rings. The zero-order valence-electron chi connectivity index (χ0n) is 26.3. The zero-order chi connectivity index (χ0) is 31.0. The Hall–Kier alpha value is -4.23. The topological polar surface area (TPSA) is 102 Å². The van der Waals surface area contributed by atoms with Crippen molar-refractivity contribution in [3.8, 4) is 12.1 Å². The van der Waals surface area contributed by atoms with Crippen LogP contribution in [0.3, 0.4) is 0 Å². The molecule has 3 aromatic rings. The zero-order valence-corrected chi connectivity index (χ0v) is 26.3. The van der Waals surface area contributed by atoms with Gasteiger partial charge in [-0.1, -0.05) is 24.8 Å². The molecule has 0 unspecified atom stereocenters. The molecule has 1 saturated carbocycles. The Morgan fingerprint density at radius 3 is 2.77 bits per heavy atom. The van der Waals surface area contributed by atoms with Crippen LogP contribution in [0.2, 0.25) is 0 Å². The van der Waals surface area contributed by atoms with Gasteiger partial charge in [0.05, 0.1) is 42.7 Å². The molecule has 10 nitrogen and oxygen atoms in total. The highest BCUT2D eigenvalue weighted by Gasteiger charge is 2.37. The minimum absolute atomic E-state index is 0.143. The summed E-state index contributed by atoms with van der Waals surface area (Å²) in [6.45, 7) is 13.7. The molecule has 2 aliphatic heterocycles. The van der Waals surface area contributed by atoms with Crippen molar-refractivity contribution >= 4 is 28.2 Å². The first-order valence-corrected chi connectivity index (χ1v) is 15.6. The van der Waals surface area contributed by atoms with Crippen molar-refractivity contribution < 1.29 is 9.53 Å². The molecule has 1 atom stereocenters. The fourth-order valence-corrected chi connectivity index (χ4v) is 6.59. The summed E-state index contributed by atoms with van der Waals surface area (Å²) in [7, 11) is 2.16. The second kappa shape index (κ2) is 12.0. The largest absolute Gasteiger partial charge is 0.461 e.